The topological polar surface area (TPSA) is 38.0 Å². The van der Waals surface area contributed by atoms with E-state index in [-0.39, 0.29) is 5.11 Å². The monoisotopic (exact) mass is 122 g/mol. The Bertz CT molecular complexity index is 73.3. The van der Waals surface area contributed by atoms with Crippen LogP contribution in [0.25, 0.3) is 0 Å². The van der Waals surface area contributed by atoms with Crippen molar-refractivity contribution in [3.8, 4) is 0 Å². The van der Waals surface area contributed by atoms with Gasteiger partial charge in [-0.25, -0.2) is 4.39 Å². The van der Waals surface area contributed by atoms with Crippen molar-refractivity contribution in [2.45, 2.75) is 13.2 Å². The maximum atomic E-state index is 11.7. The number of halogens is 1. The van der Waals surface area contributed by atoms with Crippen LogP contribution in [-0.2, 0) is 0 Å². The zero-order valence-electron chi connectivity index (χ0n) is 3.94. The maximum absolute atomic E-state index is 11.7. The van der Waals surface area contributed by atoms with E-state index in [1.807, 2.05) is 0 Å². The second kappa shape index (κ2) is 2.74. The molecule has 0 rings (SSSR count). The zero-order valence-corrected chi connectivity index (χ0v) is 4.76. The highest BCUT2D eigenvalue weighted by Crippen LogP contribution is 1.76. The maximum Gasteiger partial charge on any atom is 0.168 e. The lowest BCUT2D eigenvalue weighted by Crippen LogP contribution is -2.33. The second-order valence-corrected chi connectivity index (χ2v) is 1.56. The smallest absolute Gasteiger partial charge is 0.168 e. The number of rotatable bonds is 1. The molecular formula is C3H7FN2S. The zero-order chi connectivity index (χ0) is 5.86. The molecule has 0 aromatic carbocycles. The average Bonchev–Trinajstić information content (AvgIpc) is 1.27. The first-order chi connectivity index (χ1) is 3.13. The third kappa shape index (κ3) is 5.62. The van der Waals surface area contributed by atoms with Crippen molar-refractivity contribution in [1.82, 2.24) is 5.32 Å². The van der Waals surface area contributed by atoms with Crippen molar-refractivity contribution in [2.24, 2.45) is 5.73 Å². The van der Waals surface area contributed by atoms with Crippen molar-refractivity contribution >= 4 is 17.3 Å². The molecule has 0 bridgehead atoms. The van der Waals surface area contributed by atoms with E-state index in [1.54, 1.807) is 0 Å². The molecule has 0 aliphatic heterocycles. The molecule has 0 heterocycles. The summed E-state index contributed by atoms with van der Waals surface area (Å²) >= 11 is 4.30. The van der Waals surface area contributed by atoms with Crippen LogP contribution in [0.15, 0.2) is 0 Å². The molecule has 0 fully saturated rings. The van der Waals surface area contributed by atoms with Gasteiger partial charge in [0.2, 0.25) is 0 Å². The van der Waals surface area contributed by atoms with Crippen LogP contribution in [0.1, 0.15) is 6.92 Å². The highest BCUT2D eigenvalue weighted by Gasteiger charge is 1.92. The molecule has 0 spiro atoms. The van der Waals surface area contributed by atoms with E-state index < -0.39 is 6.30 Å². The van der Waals surface area contributed by atoms with Gasteiger partial charge in [0.1, 0.15) is 0 Å². The Morgan fingerprint density at radius 2 is 2.43 bits per heavy atom. The van der Waals surface area contributed by atoms with Crippen molar-refractivity contribution in [3.63, 3.8) is 0 Å². The molecule has 0 aromatic rings. The van der Waals surface area contributed by atoms with E-state index >= 15 is 0 Å². The molecule has 1 unspecified atom stereocenters. The first-order valence-electron chi connectivity index (χ1n) is 1.83. The van der Waals surface area contributed by atoms with Crippen LogP contribution in [0.3, 0.4) is 0 Å². The Balaban J connectivity index is 3.13. The molecule has 42 valence electrons. The average molecular weight is 122 g/mol. The molecule has 0 radical (unpaired) electrons. The Morgan fingerprint density at radius 3 is 2.43 bits per heavy atom. The summed E-state index contributed by atoms with van der Waals surface area (Å²) in [6, 6.07) is 0. The van der Waals surface area contributed by atoms with Crippen molar-refractivity contribution < 1.29 is 4.39 Å². The molecule has 7 heavy (non-hydrogen) atoms. The fourth-order valence-corrected chi connectivity index (χ4v) is 0.358. The third-order valence-corrected chi connectivity index (χ3v) is 0.459. The molecule has 2 nitrogen and oxygen atoms in total. The number of hydrogen-bond acceptors (Lipinski definition) is 1. The fraction of sp³-hybridized carbons (Fsp3) is 0.667. The molecule has 0 saturated carbocycles. The summed E-state index contributed by atoms with van der Waals surface area (Å²) in [6.45, 7) is 1.32. The van der Waals surface area contributed by atoms with Gasteiger partial charge < -0.3 is 11.1 Å². The van der Waals surface area contributed by atoms with Crippen LogP contribution < -0.4 is 11.1 Å². The molecule has 0 aliphatic carbocycles. The van der Waals surface area contributed by atoms with Crippen LogP contribution in [0, 0.1) is 0 Å². The van der Waals surface area contributed by atoms with Gasteiger partial charge in [-0.05, 0) is 19.1 Å². The summed E-state index contributed by atoms with van der Waals surface area (Å²) in [7, 11) is 0. The van der Waals surface area contributed by atoms with Gasteiger partial charge in [-0.2, -0.15) is 0 Å². The number of alkyl halides is 1. The highest BCUT2D eigenvalue weighted by molar-refractivity contribution is 7.80. The molecule has 4 heteroatoms. The summed E-state index contributed by atoms with van der Waals surface area (Å²) in [6.07, 6.45) is -1.14. The molecule has 1 atom stereocenters. The van der Waals surface area contributed by atoms with Gasteiger partial charge in [0, 0.05) is 0 Å². The predicted octanol–water partition coefficient (Wildman–Crippen LogP) is 0.135. The number of nitrogens with two attached hydrogens (primary N) is 1. The SMILES string of the molecule is CC(F)NC(N)=S. The van der Waals surface area contributed by atoms with Gasteiger partial charge in [-0.3, -0.25) is 0 Å². The Labute approximate surface area is 46.9 Å². The van der Waals surface area contributed by atoms with E-state index in [0.29, 0.717) is 0 Å². The molecule has 0 aliphatic rings. The number of nitrogens with one attached hydrogen (secondary N) is 1. The quantitative estimate of drug-likeness (QED) is 0.383. The normalized spacial score (nSPS) is 12.9. The lowest BCUT2D eigenvalue weighted by atomic mass is 10.7. The second-order valence-electron chi connectivity index (χ2n) is 1.12. The van der Waals surface area contributed by atoms with Crippen LogP contribution in [-0.4, -0.2) is 11.4 Å². The van der Waals surface area contributed by atoms with Gasteiger partial charge in [0.25, 0.3) is 0 Å². The largest absolute Gasteiger partial charge is 0.376 e. The van der Waals surface area contributed by atoms with Crippen LogP contribution in [0.5, 0.6) is 0 Å². The van der Waals surface area contributed by atoms with Crippen molar-refractivity contribution in [3.05, 3.63) is 0 Å². The van der Waals surface area contributed by atoms with Crippen LogP contribution in [0.4, 0.5) is 4.39 Å². The summed E-state index contributed by atoms with van der Waals surface area (Å²) in [5, 5.41) is 2.14. The minimum Gasteiger partial charge on any atom is -0.376 e. The van der Waals surface area contributed by atoms with Gasteiger partial charge in [0.15, 0.2) is 11.4 Å². The molecule has 0 aromatic heterocycles. The van der Waals surface area contributed by atoms with E-state index in [9.17, 15) is 4.39 Å². The van der Waals surface area contributed by atoms with Gasteiger partial charge in [0.05, 0.1) is 0 Å². The Kier molecular flexibility index (Phi) is 2.59. The summed E-state index contributed by atoms with van der Waals surface area (Å²) < 4.78 is 11.7. The first kappa shape index (κ1) is 6.62. The summed E-state index contributed by atoms with van der Waals surface area (Å²) in [5.41, 5.74) is 4.87. The Hall–Kier alpha value is -0.380. The predicted molar refractivity (Wildman–Crippen MR) is 30.5 cm³/mol. The van der Waals surface area contributed by atoms with Crippen LogP contribution in [0.2, 0.25) is 0 Å². The molecular weight excluding hydrogens is 115 g/mol. The van der Waals surface area contributed by atoms with E-state index in [1.165, 1.54) is 6.92 Å². The Morgan fingerprint density at radius 1 is 2.00 bits per heavy atom. The lowest BCUT2D eigenvalue weighted by molar-refractivity contribution is 0.340. The minimum absolute atomic E-state index is 0.00463. The molecule has 0 saturated heterocycles. The van der Waals surface area contributed by atoms with Gasteiger partial charge >= 0.3 is 0 Å². The highest BCUT2D eigenvalue weighted by atomic mass is 32.1. The van der Waals surface area contributed by atoms with Crippen LogP contribution >= 0.6 is 12.2 Å². The summed E-state index contributed by atoms with van der Waals surface area (Å²) in [5.74, 6) is 0. The first-order valence-corrected chi connectivity index (χ1v) is 2.24. The van der Waals surface area contributed by atoms with Crippen molar-refractivity contribution in [2.75, 3.05) is 0 Å². The van der Waals surface area contributed by atoms with Crippen molar-refractivity contribution in [1.29, 1.82) is 0 Å². The number of thiocarbonyl (C=S) groups is 1. The minimum atomic E-state index is -1.14. The van der Waals surface area contributed by atoms with E-state index in [0.717, 1.165) is 0 Å². The molecule has 3 N–H and O–H groups in total. The van der Waals surface area contributed by atoms with E-state index in [4.69, 9.17) is 5.73 Å². The number of hydrogen-bond donors (Lipinski definition) is 2. The van der Waals surface area contributed by atoms with Gasteiger partial charge in [-0.15, -0.1) is 0 Å². The van der Waals surface area contributed by atoms with Gasteiger partial charge in [-0.1, -0.05) is 0 Å². The fourth-order valence-electron chi connectivity index (χ4n) is 0.196. The lowest BCUT2D eigenvalue weighted by Gasteiger charge is -2.00. The third-order valence-electron chi connectivity index (χ3n) is 0.341. The summed E-state index contributed by atoms with van der Waals surface area (Å²) in [4.78, 5) is 0. The standard InChI is InChI=1S/C3H7FN2S/c1-2(4)6-3(5)7/h2H,1H3,(H3,5,6,7). The van der Waals surface area contributed by atoms with E-state index in [2.05, 4.69) is 17.5 Å². The molecule has 0 amide bonds.